The molecule has 9 heavy (non-hydrogen) atoms. The van der Waals surface area contributed by atoms with Crippen LogP contribution >= 0.6 is 0 Å². The Bertz CT molecular complexity index is 143. The first kappa shape index (κ1) is 6.53. The molecule has 50 valence electrons. The van der Waals surface area contributed by atoms with Gasteiger partial charge in [-0.1, -0.05) is 18.2 Å². The Hall–Kier alpha value is -0.590. The molecule has 0 aromatic carbocycles. The highest BCUT2D eigenvalue weighted by atomic mass is 19.1. The summed E-state index contributed by atoms with van der Waals surface area (Å²) in [6, 6.07) is 0. The second-order valence-corrected chi connectivity index (χ2v) is 2.30. The van der Waals surface area contributed by atoms with Gasteiger partial charge in [0.2, 0.25) is 0 Å². The maximum absolute atomic E-state index is 12.5. The summed E-state index contributed by atoms with van der Waals surface area (Å²) in [5.74, 6) is 0. The monoisotopic (exact) mass is 126 g/mol. The van der Waals surface area contributed by atoms with Crippen LogP contribution in [-0.4, -0.2) is 6.17 Å². The fourth-order valence-corrected chi connectivity index (χ4v) is 0.929. The minimum Gasteiger partial charge on any atom is -0.243 e. The van der Waals surface area contributed by atoms with Gasteiger partial charge in [0.25, 0.3) is 0 Å². The van der Waals surface area contributed by atoms with Crippen molar-refractivity contribution in [3.8, 4) is 0 Å². The predicted molar refractivity (Wildman–Crippen MR) is 37.0 cm³/mol. The molecule has 1 aliphatic carbocycles. The quantitative estimate of drug-likeness (QED) is 0.506. The zero-order valence-corrected chi connectivity index (χ0v) is 5.60. The molecule has 0 aliphatic heterocycles. The molecular formula is C8H11F. The van der Waals surface area contributed by atoms with E-state index in [0.717, 1.165) is 18.4 Å². The van der Waals surface area contributed by atoms with E-state index in [0.29, 0.717) is 0 Å². The van der Waals surface area contributed by atoms with Gasteiger partial charge in [-0.15, -0.1) is 0 Å². The van der Waals surface area contributed by atoms with Crippen molar-refractivity contribution in [3.05, 3.63) is 23.8 Å². The van der Waals surface area contributed by atoms with Gasteiger partial charge in [-0.05, 0) is 25.3 Å². The first-order valence-electron chi connectivity index (χ1n) is 3.31. The minimum absolute atomic E-state index is 0.790. The van der Waals surface area contributed by atoms with E-state index < -0.39 is 6.17 Å². The molecule has 0 N–H and O–H groups in total. The van der Waals surface area contributed by atoms with Gasteiger partial charge < -0.3 is 0 Å². The van der Waals surface area contributed by atoms with Crippen molar-refractivity contribution in [2.45, 2.75) is 25.9 Å². The average molecular weight is 126 g/mol. The number of hydrogen-bond acceptors (Lipinski definition) is 0. The smallest absolute Gasteiger partial charge is 0.122 e. The van der Waals surface area contributed by atoms with Gasteiger partial charge in [0, 0.05) is 0 Å². The van der Waals surface area contributed by atoms with Crippen LogP contribution in [0.1, 0.15) is 19.8 Å². The molecule has 0 saturated carbocycles. The van der Waals surface area contributed by atoms with Gasteiger partial charge >= 0.3 is 0 Å². The first-order chi connectivity index (χ1) is 4.30. The third-order valence-electron chi connectivity index (χ3n) is 1.48. The lowest BCUT2D eigenvalue weighted by atomic mass is 10.0. The van der Waals surface area contributed by atoms with Gasteiger partial charge in [-0.25, -0.2) is 4.39 Å². The van der Waals surface area contributed by atoms with E-state index in [-0.39, 0.29) is 0 Å². The molecule has 0 saturated heterocycles. The third kappa shape index (κ3) is 1.67. The Labute approximate surface area is 55.1 Å². The Morgan fingerprint density at radius 1 is 1.56 bits per heavy atom. The molecule has 1 heteroatoms. The standard InChI is InChI=1S/C8H11F/c1-7(9)8-5-3-2-4-6-8/h3,5-7H,2,4H2,1H3. The van der Waals surface area contributed by atoms with Gasteiger partial charge in [-0.3, -0.25) is 0 Å². The molecule has 1 aliphatic rings. The zero-order chi connectivity index (χ0) is 6.69. The molecule has 0 radical (unpaired) electrons. The maximum atomic E-state index is 12.5. The molecule has 1 unspecified atom stereocenters. The van der Waals surface area contributed by atoms with Crippen molar-refractivity contribution >= 4 is 0 Å². The van der Waals surface area contributed by atoms with E-state index in [1.807, 2.05) is 18.2 Å². The van der Waals surface area contributed by atoms with Crippen molar-refractivity contribution in [1.82, 2.24) is 0 Å². The van der Waals surface area contributed by atoms with E-state index in [9.17, 15) is 4.39 Å². The third-order valence-corrected chi connectivity index (χ3v) is 1.48. The summed E-state index contributed by atoms with van der Waals surface area (Å²) in [5, 5.41) is 0. The topological polar surface area (TPSA) is 0 Å². The molecule has 0 bridgehead atoms. The largest absolute Gasteiger partial charge is 0.243 e. The van der Waals surface area contributed by atoms with Gasteiger partial charge in [-0.2, -0.15) is 0 Å². The second-order valence-electron chi connectivity index (χ2n) is 2.30. The van der Waals surface area contributed by atoms with Crippen LogP contribution in [0.15, 0.2) is 23.8 Å². The minimum atomic E-state index is -0.790. The molecule has 0 heterocycles. The summed E-state index contributed by atoms with van der Waals surface area (Å²) in [6.07, 6.45) is 7.13. The summed E-state index contributed by atoms with van der Waals surface area (Å²) >= 11 is 0. The molecule has 0 spiro atoms. The van der Waals surface area contributed by atoms with E-state index in [2.05, 4.69) is 0 Å². The van der Waals surface area contributed by atoms with Crippen molar-refractivity contribution < 1.29 is 4.39 Å². The van der Waals surface area contributed by atoms with Crippen LogP contribution in [-0.2, 0) is 0 Å². The summed E-state index contributed by atoms with van der Waals surface area (Å²) in [4.78, 5) is 0. The highest BCUT2D eigenvalue weighted by molar-refractivity contribution is 5.25. The lowest BCUT2D eigenvalue weighted by Gasteiger charge is -2.06. The highest BCUT2D eigenvalue weighted by Gasteiger charge is 2.03. The molecule has 0 aromatic rings. The van der Waals surface area contributed by atoms with Crippen LogP contribution in [0.3, 0.4) is 0 Å². The van der Waals surface area contributed by atoms with Crippen molar-refractivity contribution in [3.63, 3.8) is 0 Å². The lowest BCUT2D eigenvalue weighted by Crippen LogP contribution is -1.97. The summed E-state index contributed by atoms with van der Waals surface area (Å²) in [6.45, 7) is 1.57. The van der Waals surface area contributed by atoms with Crippen molar-refractivity contribution in [2.75, 3.05) is 0 Å². The van der Waals surface area contributed by atoms with E-state index in [1.54, 1.807) is 6.92 Å². The van der Waals surface area contributed by atoms with Gasteiger partial charge in [0.15, 0.2) is 0 Å². The highest BCUT2D eigenvalue weighted by Crippen LogP contribution is 2.14. The van der Waals surface area contributed by atoms with E-state index >= 15 is 0 Å². The summed E-state index contributed by atoms with van der Waals surface area (Å²) in [7, 11) is 0. The normalized spacial score (nSPS) is 21.3. The van der Waals surface area contributed by atoms with Crippen LogP contribution in [0.2, 0.25) is 0 Å². The molecule has 1 rings (SSSR count). The molecule has 0 amide bonds. The Morgan fingerprint density at radius 2 is 2.33 bits per heavy atom. The fourth-order valence-electron chi connectivity index (χ4n) is 0.929. The summed E-state index contributed by atoms with van der Waals surface area (Å²) < 4.78 is 12.5. The number of halogens is 1. The Morgan fingerprint density at radius 3 is 2.67 bits per heavy atom. The lowest BCUT2D eigenvalue weighted by molar-refractivity contribution is 0.415. The van der Waals surface area contributed by atoms with Crippen LogP contribution in [0.25, 0.3) is 0 Å². The van der Waals surface area contributed by atoms with E-state index in [4.69, 9.17) is 0 Å². The number of hydrogen-bond donors (Lipinski definition) is 0. The second kappa shape index (κ2) is 2.81. The van der Waals surface area contributed by atoms with Crippen molar-refractivity contribution in [2.24, 2.45) is 0 Å². The van der Waals surface area contributed by atoms with Gasteiger partial charge in [0.1, 0.15) is 6.17 Å². The van der Waals surface area contributed by atoms with Crippen molar-refractivity contribution in [1.29, 1.82) is 0 Å². The Balaban J connectivity index is 2.58. The SMILES string of the molecule is CC(F)C1=CCCC=C1. The Kier molecular flexibility index (Phi) is 2.04. The van der Waals surface area contributed by atoms with Crippen LogP contribution in [0, 0.1) is 0 Å². The number of allylic oxidation sites excluding steroid dienone is 4. The molecular weight excluding hydrogens is 115 g/mol. The van der Waals surface area contributed by atoms with Crippen LogP contribution < -0.4 is 0 Å². The van der Waals surface area contributed by atoms with Gasteiger partial charge in [0.05, 0.1) is 0 Å². The number of alkyl halides is 1. The number of rotatable bonds is 1. The summed E-state index contributed by atoms with van der Waals surface area (Å²) in [5.41, 5.74) is 0.834. The fraction of sp³-hybridized carbons (Fsp3) is 0.500. The van der Waals surface area contributed by atoms with E-state index in [1.165, 1.54) is 0 Å². The van der Waals surface area contributed by atoms with Crippen LogP contribution in [0.4, 0.5) is 4.39 Å². The average Bonchev–Trinajstić information content (AvgIpc) is 1.90. The predicted octanol–water partition coefficient (Wildman–Crippen LogP) is 2.62. The first-order valence-corrected chi connectivity index (χ1v) is 3.31. The maximum Gasteiger partial charge on any atom is 0.122 e. The van der Waals surface area contributed by atoms with Crippen LogP contribution in [0.5, 0.6) is 0 Å². The molecule has 0 aromatic heterocycles. The zero-order valence-electron chi connectivity index (χ0n) is 5.60. The molecule has 0 fully saturated rings. The molecule has 1 atom stereocenters. The molecule has 0 nitrogen and oxygen atoms in total.